The van der Waals surface area contributed by atoms with Crippen LogP contribution in [0.4, 0.5) is 19.1 Å². The third-order valence-corrected chi connectivity index (χ3v) is 5.05. The number of aromatic nitrogens is 4. The summed E-state index contributed by atoms with van der Waals surface area (Å²) in [5, 5.41) is 0. The van der Waals surface area contributed by atoms with Gasteiger partial charge in [-0.1, -0.05) is 0 Å². The van der Waals surface area contributed by atoms with E-state index in [0.29, 0.717) is 0 Å². The lowest BCUT2D eigenvalue weighted by molar-refractivity contribution is -0.141. The Kier molecular flexibility index (Phi) is 4.34. The zero-order chi connectivity index (χ0) is 18.3. The molecule has 26 heavy (non-hydrogen) atoms. The van der Waals surface area contributed by atoms with E-state index in [9.17, 15) is 13.2 Å². The third kappa shape index (κ3) is 3.53. The van der Waals surface area contributed by atoms with Gasteiger partial charge in [0.25, 0.3) is 0 Å². The Balaban J connectivity index is 1.50. The molecule has 2 fully saturated rings. The SMILES string of the molecule is Cn1cncc1CN1CCC(N(c2nccc(C(F)(F)F)n2)C2CC2)C1. The number of imidazole rings is 1. The number of aryl methyl sites for hydroxylation is 1. The molecule has 6 nitrogen and oxygen atoms in total. The van der Waals surface area contributed by atoms with Crippen molar-refractivity contribution in [3.8, 4) is 0 Å². The van der Waals surface area contributed by atoms with E-state index in [1.54, 1.807) is 6.33 Å². The van der Waals surface area contributed by atoms with Crippen LogP contribution < -0.4 is 4.90 Å². The molecule has 2 aliphatic rings. The van der Waals surface area contributed by atoms with Gasteiger partial charge in [-0.3, -0.25) is 4.90 Å². The minimum Gasteiger partial charge on any atom is -0.337 e. The lowest BCUT2D eigenvalue weighted by Gasteiger charge is -2.29. The number of hydrogen-bond acceptors (Lipinski definition) is 5. The Morgan fingerprint density at radius 3 is 2.69 bits per heavy atom. The monoisotopic (exact) mass is 366 g/mol. The average Bonchev–Trinajstić information content (AvgIpc) is 3.18. The topological polar surface area (TPSA) is 50.1 Å². The first-order chi connectivity index (χ1) is 12.4. The highest BCUT2D eigenvalue weighted by atomic mass is 19.4. The lowest BCUT2D eigenvalue weighted by Crippen LogP contribution is -2.40. The molecule has 3 heterocycles. The number of rotatable bonds is 5. The van der Waals surface area contributed by atoms with Crippen LogP contribution in [0.2, 0.25) is 0 Å². The van der Waals surface area contributed by atoms with Crippen LogP contribution in [-0.4, -0.2) is 49.6 Å². The van der Waals surface area contributed by atoms with E-state index in [4.69, 9.17) is 0 Å². The number of likely N-dealkylation sites (tertiary alicyclic amines) is 1. The summed E-state index contributed by atoms with van der Waals surface area (Å²) >= 11 is 0. The van der Waals surface area contributed by atoms with E-state index in [1.807, 2.05) is 22.7 Å². The first-order valence-electron chi connectivity index (χ1n) is 8.78. The van der Waals surface area contributed by atoms with Crippen molar-refractivity contribution in [1.29, 1.82) is 0 Å². The summed E-state index contributed by atoms with van der Waals surface area (Å²) in [5.41, 5.74) is 0.247. The summed E-state index contributed by atoms with van der Waals surface area (Å²) in [7, 11) is 1.96. The summed E-state index contributed by atoms with van der Waals surface area (Å²) in [5.74, 6) is 0.203. The standard InChI is InChI=1S/C17H21F3N6/c1-24-11-21-8-14(24)10-25-7-5-13(9-25)26(12-2-3-12)16-22-6-4-15(23-16)17(18,19)20/h4,6,8,11-13H,2-3,5,7,9-10H2,1H3. The molecule has 0 spiro atoms. The van der Waals surface area contributed by atoms with Gasteiger partial charge < -0.3 is 9.47 Å². The Morgan fingerprint density at radius 2 is 2.04 bits per heavy atom. The Labute approximate surface area is 149 Å². The van der Waals surface area contributed by atoms with Crippen LogP contribution in [0.3, 0.4) is 0 Å². The van der Waals surface area contributed by atoms with E-state index in [0.717, 1.165) is 50.7 Å². The normalized spacial score (nSPS) is 21.3. The van der Waals surface area contributed by atoms with Crippen LogP contribution in [0.1, 0.15) is 30.7 Å². The summed E-state index contributed by atoms with van der Waals surface area (Å²) < 4.78 is 41.0. The summed E-state index contributed by atoms with van der Waals surface area (Å²) in [6.45, 7) is 2.48. The first-order valence-corrected chi connectivity index (χ1v) is 8.78. The molecule has 140 valence electrons. The summed E-state index contributed by atoms with van der Waals surface area (Å²) in [6, 6.07) is 1.32. The highest BCUT2D eigenvalue weighted by Gasteiger charge is 2.40. The molecular weight excluding hydrogens is 345 g/mol. The Bertz CT molecular complexity index is 770. The minimum atomic E-state index is -4.45. The quantitative estimate of drug-likeness (QED) is 0.814. The molecular formula is C17H21F3N6. The van der Waals surface area contributed by atoms with E-state index in [2.05, 4.69) is 19.9 Å². The molecule has 0 radical (unpaired) electrons. The van der Waals surface area contributed by atoms with Crippen molar-refractivity contribution in [3.05, 3.63) is 36.2 Å². The number of anilines is 1. The highest BCUT2D eigenvalue weighted by molar-refractivity contribution is 5.37. The van der Waals surface area contributed by atoms with Gasteiger partial charge in [0, 0.05) is 51.2 Å². The van der Waals surface area contributed by atoms with E-state index in [-0.39, 0.29) is 18.0 Å². The molecule has 0 amide bonds. The Hall–Kier alpha value is -2.16. The molecule has 1 atom stereocenters. The molecule has 4 rings (SSSR count). The van der Waals surface area contributed by atoms with Crippen LogP contribution in [0.15, 0.2) is 24.8 Å². The van der Waals surface area contributed by atoms with Crippen LogP contribution >= 0.6 is 0 Å². The molecule has 1 saturated carbocycles. The van der Waals surface area contributed by atoms with Crippen LogP contribution in [0.5, 0.6) is 0 Å². The number of nitrogens with zero attached hydrogens (tertiary/aromatic N) is 6. The Morgan fingerprint density at radius 1 is 1.23 bits per heavy atom. The smallest absolute Gasteiger partial charge is 0.337 e. The van der Waals surface area contributed by atoms with Crippen molar-refractivity contribution in [2.75, 3.05) is 18.0 Å². The van der Waals surface area contributed by atoms with E-state index in [1.165, 1.54) is 6.20 Å². The van der Waals surface area contributed by atoms with Crippen molar-refractivity contribution in [1.82, 2.24) is 24.4 Å². The van der Waals surface area contributed by atoms with E-state index >= 15 is 0 Å². The second kappa shape index (κ2) is 6.53. The second-order valence-corrected chi connectivity index (χ2v) is 7.05. The van der Waals surface area contributed by atoms with Gasteiger partial charge in [0.1, 0.15) is 5.69 Å². The molecule has 1 unspecified atom stereocenters. The van der Waals surface area contributed by atoms with Crippen LogP contribution in [-0.2, 0) is 19.8 Å². The van der Waals surface area contributed by atoms with E-state index < -0.39 is 11.9 Å². The molecule has 2 aromatic rings. The third-order valence-electron chi connectivity index (χ3n) is 5.05. The maximum Gasteiger partial charge on any atom is 0.433 e. The maximum atomic E-state index is 13.0. The lowest BCUT2D eigenvalue weighted by atomic mass is 10.2. The molecule has 9 heteroatoms. The van der Waals surface area contributed by atoms with Gasteiger partial charge in [0.05, 0.1) is 12.0 Å². The highest BCUT2D eigenvalue weighted by Crippen LogP contribution is 2.36. The molecule has 0 N–H and O–H groups in total. The zero-order valence-corrected chi connectivity index (χ0v) is 14.5. The van der Waals surface area contributed by atoms with Crippen molar-refractivity contribution < 1.29 is 13.2 Å². The van der Waals surface area contributed by atoms with Gasteiger partial charge in [-0.05, 0) is 25.3 Å². The van der Waals surface area contributed by atoms with Gasteiger partial charge in [0.15, 0.2) is 0 Å². The molecule has 1 aliphatic heterocycles. The predicted molar refractivity (Wildman–Crippen MR) is 89.4 cm³/mol. The number of hydrogen-bond donors (Lipinski definition) is 0. The molecule has 0 bridgehead atoms. The largest absolute Gasteiger partial charge is 0.433 e. The van der Waals surface area contributed by atoms with Gasteiger partial charge in [-0.25, -0.2) is 15.0 Å². The van der Waals surface area contributed by atoms with Crippen LogP contribution in [0.25, 0.3) is 0 Å². The molecule has 0 aromatic carbocycles. The van der Waals surface area contributed by atoms with Gasteiger partial charge in [-0.2, -0.15) is 13.2 Å². The number of halogens is 3. The maximum absolute atomic E-state index is 13.0. The van der Waals surface area contributed by atoms with Gasteiger partial charge in [0.2, 0.25) is 5.95 Å². The fourth-order valence-electron chi connectivity index (χ4n) is 3.56. The molecule has 1 aliphatic carbocycles. The van der Waals surface area contributed by atoms with Gasteiger partial charge >= 0.3 is 6.18 Å². The summed E-state index contributed by atoms with van der Waals surface area (Å²) in [4.78, 5) is 16.4. The second-order valence-electron chi connectivity index (χ2n) is 7.05. The van der Waals surface area contributed by atoms with Crippen molar-refractivity contribution in [3.63, 3.8) is 0 Å². The fourth-order valence-corrected chi connectivity index (χ4v) is 3.56. The predicted octanol–water partition coefficient (Wildman–Crippen LogP) is 2.47. The van der Waals surface area contributed by atoms with Crippen molar-refractivity contribution >= 4 is 5.95 Å². The average molecular weight is 366 g/mol. The fraction of sp³-hybridized carbons (Fsp3) is 0.588. The van der Waals surface area contributed by atoms with Crippen LogP contribution in [0, 0.1) is 0 Å². The molecule has 2 aromatic heterocycles. The first kappa shape index (κ1) is 17.3. The minimum absolute atomic E-state index is 0.138. The molecule has 1 saturated heterocycles. The summed E-state index contributed by atoms with van der Waals surface area (Å²) in [6.07, 6.45) is 3.25. The van der Waals surface area contributed by atoms with Crippen molar-refractivity contribution in [2.24, 2.45) is 7.05 Å². The van der Waals surface area contributed by atoms with Gasteiger partial charge in [-0.15, -0.1) is 0 Å². The number of alkyl halides is 3. The zero-order valence-electron chi connectivity index (χ0n) is 14.5. The van der Waals surface area contributed by atoms with Crippen molar-refractivity contribution in [2.45, 2.75) is 44.1 Å².